The van der Waals surface area contributed by atoms with Crippen molar-refractivity contribution in [3.05, 3.63) is 69.8 Å². The highest BCUT2D eigenvalue weighted by Crippen LogP contribution is 2.26. The lowest BCUT2D eigenvalue weighted by atomic mass is 10.1. The zero-order valence-corrected chi connectivity index (χ0v) is 14.1. The first kappa shape index (κ1) is 18.4. The second-order valence-electron chi connectivity index (χ2n) is 5.92. The second-order valence-corrected chi connectivity index (χ2v) is 5.92. The number of carbonyl (C=O) groups is 1. The minimum Gasteiger partial charge on any atom is -0.387 e. The van der Waals surface area contributed by atoms with Crippen LogP contribution in [0.25, 0.3) is 0 Å². The highest BCUT2D eigenvalue weighted by Gasteiger charge is 2.19. The molecule has 0 aromatic heterocycles. The average molecular weight is 343 g/mol. The van der Waals surface area contributed by atoms with Gasteiger partial charge in [0.25, 0.3) is 11.6 Å². The van der Waals surface area contributed by atoms with Crippen LogP contribution in [-0.2, 0) is 0 Å². The van der Waals surface area contributed by atoms with E-state index in [1.807, 2.05) is 32.0 Å². The maximum Gasteiger partial charge on any atom is 0.293 e. The summed E-state index contributed by atoms with van der Waals surface area (Å²) in [4.78, 5) is 22.8. The van der Waals surface area contributed by atoms with E-state index in [1.54, 1.807) is 12.1 Å². The molecule has 2 rings (SSSR count). The fourth-order valence-corrected chi connectivity index (χ4v) is 2.32. The normalized spacial score (nSPS) is 11.8. The molecule has 0 aliphatic carbocycles. The molecule has 0 radical (unpaired) electrons. The fourth-order valence-electron chi connectivity index (χ4n) is 2.32. The van der Waals surface area contributed by atoms with E-state index in [1.165, 1.54) is 18.2 Å². The van der Waals surface area contributed by atoms with Gasteiger partial charge in [-0.05, 0) is 31.5 Å². The molecule has 3 N–H and O–H groups in total. The third kappa shape index (κ3) is 5.02. The maximum atomic E-state index is 12.0. The van der Waals surface area contributed by atoms with Gasteiger partial charge in [0.05, 0.1) is 11.0 Å². The molecular weight excluding hydrogens is 322 g/mol. The topological polar surface area (TPSA) is 104 Å². The number of nitrogens with one attached hydrogen (secondary N) is 2. The average Bonchev–Trinajstić information content (AvgIpc) is 2.59. The summed E-state index contributed by atoms with van der Waals surface area (Å²) in [7, 11) is 0. The van der Waals surface area contributed by atoms with Crippen LogP contribution in [-0.4, -0.2) is 28.5 Å². The zero-order valence-electron chi connectivity index (χ0n) is 14.1. The Kier molecular flexibility index (Phi) is 6.08. The number of hydrogen-bond donors (Lipinski definition) is 3. The Morgan fingerprint density at radius 1 is 1.20 bits per heavy atom. The summed E-state index contributed by atoms with van der Waals surface area (Å²) in [5.41, 5.74) is 0.970. The van der Waals surface area contributed by atoms with Gasteiger partial charge in [0.2, 0.25) is 0 Å². The van der Waals surface area contributed by atoms with Gasteiger partial charge in [-0.15, -0.1) is 0 Å². The first-order chi connectivity index (χ1) is 11.9. The van der Waals surface area contributed by atoms with E-state index in [0.717, 1.165) is 0 Å². The highest BCUT2D eigenvalue weighted by molar-refractivity contribution is 5.95. The summed E-state index contributed by atoms with van der Waals surface area (Å²) < 4.78 is 0. The van der Waals surface area contributed by atoms with Crippen LogP contribution >= 0.6 is 0 Å². The van der Waals surface area contributed by atoms with Crippen molar-refractivity contribution in [3.8, 4) is 0 Å². The quantitative estimate of drug-likeness (QED) is 0.530. The Morgan fingerprint density at radius 2 is 1.88 bits per heavy atom. The van der Waals surface area contributed by atoms with Gasteiger partial charge in [-0.25, -0.2) is 0 Å². The zero-order chi connectivity index (χ0) is 18.4. The van der Waals surface area contributed by atoms with Crippen LogP contribution in [0, 0.1) is 10.1 Å². The lowest BCUT2D eigenvalue weighted by Crippen LogP contribution is -2.30. The molecule has 0 saturated carbocycles. The fraction of sp³-hybridized carbons (Fsp3) is 0.278. The second kappa shape index (κ2) is 8.25. The van der Waals surface area contributed by atoms with Crippen LogP contribution in [0.5, 0.6) is 0 Å². The molecule has 25 heavy (non-hydrogen) atoms. The number of nitro benzene ring substituents is 1. The molecular formula is C18H21N3O4. The monoisotopic (exact) mass is 343 g/mol. The van der Waals surface area contributed by atoms with Gasteiger partial charge in [0, 0.05) is 24.2 Å². The number of carbonyl (C=O) groups excluding carboxylic acids is 1. The van der Waals surface area contributed by atoms with Gasteiger partial charge in [0.15, 0.2) is 0 Å². The molecule has 0 bridgehead atoms. The van der Waals surface area contributed by atoms with Crippen molar-refractivity contribution in [2.75, 3.05) is 11.9 Å². The summed E-state index contributed by atoms with van der Waals surface area (Å²) in [5.74, 6) is -0.367. The lowest BCUT2D eigenvalue weighted by Gasteiger charge is -2.14. The first-order valence-corrected chi connectivity index (χ1v) is 7.94. The van der Waals surface area contributed by atoms with Crippen molar-refractivity contribution < 1.29 is 14.8 Å². The molecule has 7 nitrogen and oxygen atoms in total. The summed E-state index contributed by atoms with van der Waals surface area (Å²) in [6, 6.07) is 13.2. The molecule has 2 aromatic rings. The molecule has 1 unspecified atom stereocenters. The number of amides is 1. The molecule has 1 atom stereocenters. The van der Waals surface area contributed by atoms with E-state index in [2.05, 4.69) is 10.6 Å². The molecule has 0 aliphatic heterocycles. The Morgan fingerprint density at radius 3 is 2.48 bits per heavy atom. The summed E-state index contributed by atoms with van der Waals surface area (Å²) in [5, 5.41) is 27.0. The predicted octanol–water partition coefficient (Wildman–Crippen LogP) is 2.88. The molecule has 0 aliphatic rings. The summed E-state index contributed by atoms with van der Waals surface area (Å²) in [6.45, 7) is 3.74. The number of nitro groups is 1. The number of rotatable bonds is 7. The van der Waals surface area contributed by atoms with Crippen molar-refractivity contribution in [3.63, 3.8) is 0 Å². The summed E-state index contributed by atoms with van der Waals surface area (Å²) in [6.07, 6.45) is -0.801. The minimum absolute atomic E-state index is 0.0645. The Bertz CT molecular complexity index is 747. The van der Waals surface area contributed by atoms with Gasteiger partial charge in [-0.2, -0.15) is 0 Å². The van der Waals surface area contributed by atoms with Gasteiger partial charge >= 0.3 is 0 Å². The van der Waals surface area contributed by atoms with Crippen molar-refractivity contribution in [2.24, 2.45) is 0 Å². The van der Waals surface area contributed by atoms with Crippen LogP contribution in [0.15, 0.2) is 48.5 Å². The Labute approximate surface area is 145 Å². The number of nitrogens with zero attached hydrogens (tertiary/aromatic N) is 1. The molecule has 0 spiro atoms. The standard InChI is InChI=1S/C18H21N3O4/c1-12(2)20-18(23)14-8-9-15(16(10-14)21(24)25)19-11-17(22)13-6-4-3-5-7-13/h3-10,12,17,19,22H,11H2,1-2H3,(H,20,23). The van der Waals surface area contributed by atoms with Gasteiger partial charge < -0.3 is 15.7 Å². The van der Waals surface area contributed by atoms with E-state index in [0.29, 0.717) is 5.56 Å². The van der Waals surface area contributed by atoms with Crippen LogP contribution in [0.1, 0.15) is 35.9 Å². The molecule has 132 valence electrons. The van der Waals surface area contributed by atoms with Crippen molar-refractivity contribution in [2.45, 2.75) is 26.0 Å². The maximum absolute atomic E-state index is 12.0. The van der Waals surface area contributed by atoms with Crippen LogP contribution < -0.4 is 10.6 Å². The first-order valence-electron chi connectivity index (χ1n) is 7.94. The van der Waals surface area contributed by atoms with Crippen LogP contribution in [0.2, 0.25) is 0 Å². The summed E-state index contributed by atoms with van der Waals surface area (Å²) >= 11 is 0. The smallest absolute Gasteiger partial charge is 0.293 e. The molecule has 2 aromatic carbocycles. The molecule has 0 fully saturated rings. The predicted molar refractivity (Wildman–Crippen MR) is 95.6 cm³/mol. The third-order valence-electron chi connectivity index (χ3n) is 3.55. The van der Waals surface area contributed by atoms with E-state index in [-0.39, 0.29) is 35.4 Å². The lowest BCUT2D eigenvalue weighted by molar-refractivity contribution is -0.384. The number of aliphatic hydroxyl groups is 1. The molecule has 7 heteroatoms. The van der Waals surface area contributed by atoms with Gasteiger partial charge in [0.1, 0.15) is 5.69 Å². The van der Waals surface area contributed by atoms with E-state index < -0.39 is 11.0 Å². The number of aliphatic hydroxyl groups excluding tert-OH is 1. The van der Waals surface area contributed by atoms with Crippen molar-refractivity contribution >= 4 is 17.3 Å². The third-order valence-corrected chi connectivity index (χ3v) is 3.55. The SMILES string of the molecule is CC(C)NC(=O)c1ccc(NCC(O)c2ccccc2)c([N+](=O)[O-])c1. The Hall–Kier alpha value is -2.93. The van der Waals surface area contributed by atoms with E-state index >= 15 is 0 Å². The van der Waals surface area contributed by atoms with Crippen LogP contribution in [0.4, 0.5) is 11.4 Å². The molecule has 1 amide bonds. The number of hydrogen-bond acceptors (Lipinski definition) is 5. The van der Waals surface area contributed by atoms with E-state index in [9.17, 15) is 20.0 Å². The largest absolute Gasteiger partial charge is 0.387 e. The van der Waals surface area contributed by atoms with Crippen molar-refractivity contribution in [1.82, 2.24) is 5.32 Å². The number of benzene rings is 2. The Balaban J connectivity index is 2.15. The highest BCUT2D eigenvalue weighted by atomic mass is 16.6. The van der Waals surface area contributed by atoms with Crippen molar-refractivity contribution in [1.29, 1.82) is 0 Å². The number of anilines is 1. The van der Waals surface area contributed by atoms with Crippen LogP contribution in [0.3, 0.4) is 0 Å². The van der Waals surface area contributed by atoms with Gasteiger partial charge in [-0.1, -0.05) is 30.3 Å². The molecule has 0 heterocycles. The van der Waals surface area contributed by atoms with Gasteiger partial charge in [-0.3, -0.25) is 14.9 Å². The molecule has 0 saturated heterocycles. The van der Waals surface area contributed by atoms with E-state index in [4.69, 9.17) is 0 Å². The minimum atomic E-state index is -0.801.